The monoisotopic (exact) mass is 236 g/mol. The summed E-state index contributed by atoms with van der Waals surface area (Å²) in [6.45, 7) is 5.06. The fraction of sp³-hybridized carbons (Fsp3) is 0.929. The van der Waals surface area contributed by atoms with Gasteiger partial charge in [-0.1, -0.05) is 13.3 Å². The summed E-state index contributed by atoms with van der Waals surface area (Å²) in [4.78, 5) is 0. The molecule has 0 amide bonds. The Hall–Kier alpha value is -0.590. The van der Waals surface area contributed by atoms with Crippen LogP contribution in [0.3, 0.4) is 0 Å². The molecule has 0 aliphatic heterocycles. The van der Waals surface area contributed by atoms with Crippen LogP contribution >= 0.6 is 0 Å². The largest absolute Gasteiger partial charge is 0.378 e. The van der Waals surface area contributed by atoms with Crippen LogP contribution in [0.5, 0.6) is 0 Å². The zero-order chi connectivity index (χ0) is 12.3. The van der Waals surface area contributed by atoms with E-state index < -0.39 is 0 Å². The fourth-order valence-corrected chi connectivity index (χ4v) is 3.39. The van der Waals surface area contributed by atoms with Crippen LogP contribution in [0.4, 0.5) is 0 Å². The molecule has 0 radical (unpaired) electrons. The summed E-state index contributed by atoms with van der Waals surface area (Å²) in [6.07, 6.45) is 7.23. The van der Waals surface area contributed by atoms with Gasteiger partial charge in [-0.2, -0.15) is 5.26 Å². The number of ether oxygens (including phenoxy) is 1. The minimum absolute atomic E-state index is 0.366. The number of nitrogens with one attached hydrogen (secondary N) is 1. The Balaban J connectivity index is 1.88. The molecule has 3 heteroatoms. The van der Waals surface area contributed by atoms with E-state index in [-0.39, 0.29) is 0 Å². The van der Waals surface area contributed by atoms with Crippen molar-refractivity contribution in [3.8, 4) is 6.07 Å². The molecule has 0 unspecified atom stereocenters. The maximum absolute atomic E-state index is 8.79. The Morgan fingerprint density at radius 1 is 1.47 bits per heavy atom. The van der Waals surface area contributed by atoms with Crippen LogP contribution in [-0.2, 0) is 4.74 Å². The smallest absolute Gasteiger partial charge is 0.0661 e. The molecule has 0 aromatic rings. The molecule has 0 bridgehead atoms. The molecule has 2 aliphatic rings. The third kappa shape index (κ3) is 2.21. The van der Waals surface area contributed by atoms with E-state index >= 15 is 0 Å². The number of rotatable bonds is 6. The topological polar surface area (TPSA) is 45.0 Å². The van der Waals surface area contributed by atoms with Gasteiger partial charge in [0, 0.05) is 24.1 Å². The highest BCUT2D eigenvalue weighted by Crippen LogP contribution is 2.57. The summed E-state index contributed by atoms with van der Waals surface area (Å²) >= 11 is 0. The summed E-state index contributed by atoms with van der Waals surface area (Å²) in [7, 11) is 0. The highest BCUT2D eigenvalue weighted by Gasteiger charge is 2.58. The van der Waals surface area contributed by atoms with Crippen LogP contribution in [0.25, 0.3) is 0 Å². The van der Waals surface area contributed by atoms with Crippen molar-refractivity contribution in [3.63, 3.8) is 0 Å². The lowest BCUT2D eigenvalue weighted by atomic mass is 9.51. The molecule has 1 spiro atoms. The molecule has 96 valence electrons. The third-order valence-electron chi connectivity index (χ3n) is 4.70. The van der Waals surface area contributed by atoms with Gasteiger partial charge < -0.3 is 10.1 Å². The van der Waals surface area contributed by atoms with E-state index in [4.69, 9.17) is 10.00 Å². The Morgan fingerprint density at radius 2 is 2.24 bits per heavy atom. The van der Waals surface area contributed by atoms with Crippen LogP contribution in [-0.4, -0.2) is 24.8 Å². The molecular weight excluding hydrogens is 212 g/mol. The van der Waals surface area contributed by atoms with Crippen molar-refractivity contribution in [2.75, 3.05) is 6.61 Å². The molecule has 0 heterocycles. The van der Waals surface area contributed by atoms with E-state index in [0.717, 1.165) is 19.4 Å². The van der Waals surface area contributed by atoms with Gasteiger partial charge in [0.1, 0.15) is 0 Å². The standard InChI is InChI=1S/C14H24N2O/c1-3-11(6-9-15)16-12-10-13(17-4-2)14(12)7-5-8-14/h11-13,16H,3-8,10H2,1-2H3/t11-,12-,13-/m1/s1. The number of hydrogen-bond donors (Lipinski definition) is 1. The maximum atomic E-state index is 8.79. The van der Waals surface area contributed by atoms with E-state index in [1.807, 2.05) is 0 Å². The second-order valence-electron chi connectivity index (χ2n) is 5.45. The first-order valence-corrected chi connectivity index (χ1v) is 7.01. The lowest BCUT2D eigenvalue weighted by Gasteiger charge is -2.61. The first kappa shape index (κ1) is 12.9. The van der Waals surface area contributed by atoms with E-state index in [9.17, 15) is 0 Å². The first-order valence-electron chi connectivity index (χ1n) is 7.01. The van der Waals surface area contributed by atoms with Crippen LogP contribution in [0.15, 0.2) is 0 Å². The summed E-state index contributed by atoms with van der Waals surface area (Å²) in [6, 6.07) is 3.23. The molecule has 1 N–H and O–H groups in total. The zero-order valence-electron chi connectivity index (χ0n) is 11.0. The van der Waals surface area contributed by atoms with Crippen LogP contribution in [0.1, 0.15) is 52.4 Å². The number of nitriles is 1. The summed E-state index contributed by atoms with van der Waals surface area (Å²) in [5, 5.41) is 12.5. The molecule has 3 nitrogen and oxygen atoms in total. The molecule has 2 saturated carbocycles. The highest BCUT2D eigenvalue weighted by molar-refractivity contribution is 5.12. The van der Waals surface area contributed by atoms with E-state index in [2.05, 4.69) is 25.2 Å². The lowest BCUT2D eigenvalue weighted by Crippen LogP contribution is -2.68. The molecule has 2 aliphatic carbocycles. The second kappa shape index (κ2) is 5.37. The van der Waals surface area contributed by atoms with Crippen molar-refractivity contribution in [2.45, 2.75) is 70.6 Å². The Kier molecular flexibility index (Phi) is 4.06. The molecular formula is C14H24N2O. The highest BCUT2D eigenvalue weighted by atomic mass is 16.5. The minimum atomic E-state index is 0.366. The van der Waals surface area contributed by atoms with Gasteiger partial charge >= 0.3 is 0 Å². The Bertz CT molecular complexity index is 293. The van der Waals surface area contributed by atoms with Crippen LogP contribution in [0, 0.1) is 16.7 Å². The molecule has 0 aromatic carbocycles. The third-order valence-corrected chi connectivity index (χ3v) is 4.70. The molecule has 0 aromatic heterocycles. The molecule has 17 heavy (non-hydrogen) atoms. The fourth-order valence-electron chi connectivity index (χ4n) is 3.39. The van der Waals surface area contributed by atoms with Crippen molar-refractivity contribution in [1.29, 1.82) is 5.26 Å². The first-order chi connectivity index (χ1) is 8.26. The van der Waals surface area contributed by atoms with E-state index in [1.54, 1.807) is 0 Å². The van der Waals surface area contributed by atoms with Crippen molar-refractivity contribution in [1.82, 2.24) is 5.32 Å². The van der Waals surface area contributed by atoms with Gasteiger partial charge in [-0.3, -0.25) is 0 Å². The Labute approximate surface area is 105 Å². The summed E-state index contributed by atoms with van der Waals surface area (Å²) in [5.74, 6) is 0. The van der Waals surface area contributed by atoms with Crippen molar-refractivity contribution in [2.24, 2.45) is 5.41 Å². The number of nitrogens with zero attached hydrogens (tertiary/aromatic N) is 1. The lowest BCUT2D eigenvalue weighted by molar-refractivity contribution is -0.174. The van der Waals surface area contributed by atoms with Crippen molar-refractivity contribution in [3.05, 3.63) is 0 Å². The van der Waals surface area contributed by atoms with Crippen LogP contribution in [0.2, 0.25) is 0 Å². The van der Waals surface area contributed by atoms with Gasteiger partial charge in [0.2, 0.25) is 0 Å². The van der Waals surface area contributed by atoms with E-state index in [0.29, 0.717) is 30.0 Å². The van der Waals surface area contributed by atoms with Crippen LogP contribution < -0.4 is 5.32 Å². The van der Waals surface area contributed by atoms with Gasteiger partial charge in [-0.15, -0.1) is 0 Å². The number of hydrogen-bond acceptors (Lipinski definition) is 3. The summed E-state index contributed by atoms with van der Waals surface area (Å²) in [5.41, 5.74) is 0.416. The minimum Gasteiger partial charge on any atom is -0.378 e. The molecule has 3 atom stereocenters. The predicted octanol–water partition coefficient (Wildman–Crippen LogP) is 2.62. The van der Waals surface area contributed by atoms with Gasteiger partial charge in [-0.25, -0.2) is 0 Å². The SMILES string of the molecule is CCO[C@@H]1C[C@@H](N[C@H](CC)CC#N)C12CCC2. The van der Waals surface area contributed by atoms with Gasteiger partial charge in [0.05, 0.1) is 18.6 Å². The normalized spacial score (nSPS) is 31.4. The van der Waals surface area contributed by atoms with Gasteiger partial charge in [0.25, 0.3) is 0 Å². The molecule has 2 rings (SSSR count). The predicted molar refractivity (Wildman–Crippen MR) is 67.5 cm³/mol. The second-order valence-corrected chi connectivity index (χ2v) is 5.45. The zero-order valence-corrected chi connectivity index (χ0v) is 11.0. The maximum Gasteiger partial charge on any atom is 0.0661 e. The molecule has 0 saturated heterocycles. The quantitative estimate of drug-likeness (QED) is 0.771. The summed E-state index contributed by atoms with van der Waals surface area (Å²) < 4.78 is 5.84. The average Bonchev–Trinajstić information content (AvgIpc) is 2.24. The van der Waals surface area contributed by atoms with Crippen molar-refractivity contribution >= 4 is 0 Å². The van der Waals surface area contributed by atoms with Gasteiger partial charge in [0.15, 0.2) is 0 Å². The average molecular weight is 236 g/mol. The van der Waals surface area contributed by atoms with E-state index in [1.165, 1.54) is 19.3 Å². The van der Waals surface area contributed by atoms with Gasteiger partial charge in [-0.05, 0) is 32.6 Å². The Morgan fingerprint density at radius 3 is 2.71 bits per heavy atom. The molecule has 2 fully saturated rings. The van der Waals surface area contributed by atoms with Crippen molar-refractivity contribution < 1.29 is 4.74 Å².